The Bertz CT molecular complexity index is 884. The number of aryl methyl sites for hydroxylation is 1. The van der Waals surface area contributed by atoms with Gasteiger partial charge in [-0.2, -0.15) is 0 Å². The van der Waals surface area contributed by atoms with Crippen molar-refractivity contribution in [3.8, 4) is 0 Å². The van der Waals surface area contributed by atoms with Crippen molar-refractivity contribution in [3.05, 3.63) is 59.2 Å². The molecule has 112 valence electrons. The van der Waals surface area contributed by atoms with Crippen LogP contribution in [0.1, 0.15) is 26.3 Å². The molecule has 2 N–H and O–H groups in total. The Morgan fingerprint density at radius 1 is 0.955 bits per heavy atom. The van der Waals surface area contributed by atoms with Crippen LogP contribution in [0.5, 0.6) is 0 Å². The van der Waals surface area contributed by atoms with Crippen LogP contribution in [0, 0.1) is 6.92 Å². The summed E-state index contributed by atoms with van der Waals surface area (Å²) >= 11 is 0. The zero-order valence-electron chi connectivity index (χ0n) is 11.6. The highest BCUT2D eigenvalue weighted by molar-refractivity contribution is 7.89. The van der Waals surface area contributed by atoms with E-state index in [2.05, 4.69) is 0 Å². The Morgan fingerprint density at radius 3 is 1.95 bits per heavy atom. The summed E-state index contributed by atoms with van der Waals surface area (Å²) in [6.07, 6.45) is 0. The van der Waals surface area contributed by atoms with Crippen LogP contribution >= 0.6 is 0 Å². The second-order valence-electron chi connectivity index (χ2n) is 4.99. The van der Waals surface area contributed by atoms with E-state index in [1.807, 2.05) is 0 Å². The Balaban J connectivity index is 2.09. The fourth-order valence-corrected chi connectivity index (χ4v) is 3.28. The third kappa shape index (κ3) is 2.11. The number of sulfonamides is 1. The smallest absolute Gasteiger partial charge is 0.266 e. The molecular formula is C15H12N2O4S. The van der Waals surface area contributed by atoms with Gasteiger partial charge in [0.15, 0.2) is 0 Å². The van der Waals surface area contributed by atoms with Gasteiger partial charge >= 0.3 is 0 Å². The molecule has 0 bridgehead atoms. The third-order valence-corrected chi connectivity index (χ3v) is 4.59. The molecule has 6 nitrogen and oxygen atoms in total. The topological polar surface area (TPSA) is 97.5 Å². The highest BCUT2D eigenvalue weighted by Crippen LogP contribution is 2.30. The summed E-state index contributed by atoms with van der Waals surface area (Å²) in [5.41, 5.74) is 1.36. The first-order chi connectivity index (χ1) is 10.3. The highest BCUT2D eigenvalue weighted by atomic mass is 32.2. The molecule has 1 aliphatic rings. The maximum Gasteiger partial charge on any atom is 0.266 e. The van der Waals surface area contributed by atoms with E-state index < -0.39 is 21.8 Å². The van der Waals surface area contributed by atoms with Gasteiger partial charge in [-0.1, -0.05) is 12.1 Å². The first-order valence-electron chi connectivity index (χ1n) is 6.42. The van der Waals surface area contributed by atoms with Crippen LogP contribution in [0.25, 0.3) is 0 Å². The zero-order chi connectivity index (χ0) is 16.1. The molecule has 2 aromatic carbocycles. The molecule has 2 aromatic rings. The van der Waals surface area contributed by atoms with E-state index >= 15 is 0 Å². The second-order valence-corrected chi connectivity index (χ2v) is 6.52. The van der Waals surface area contributed by atoms with Gasteiger partial charge in [-0.25, -0.2) is 18.5 Å². The normalized spacial score (nSPS) is 14.4. The van der Waals surface area contributed by atoms with Gasteiger partial charge in [0, 0.05) is 0 Å². The number of hydrogen-bond acceptors (Lipinski definition) is 4. The summed E-state index contributed by atoms with van der Waals surface area (Å²) in [6.45, 7) is 1.56. The van der Waals surface area contributed by atoms with Crippen molar-refractivity contribution < 1.29 is 18.0 Å². The minimum Gasteiger partial charge on any atom is -0.268 e. The molecule has 0 saturated heterocycles. The summed E-state index contributed by atoms with van der Waals surface area (Å²) < 4.78 is 22.8. The van der Waals surface area contributed by atoms with E-state index in [1.54, 1.807) is 31.2 Å². The number of carbonyl (C=O) groups is 2. The zero-order valence-corrected chi connectivity index (χ0v) is 12.4. The lowest BCUT2D eigenvalue weighted by Gasteiger charge is -2.15. The molecule has 0 aromatic heterocycles. The van der Waals surface area contributed by atoms with Gasteiger partial charge < -0.3 is 0 Å². The number of anilines is 1. The van der Waals surface area contributed by atoms with E-state index in [0.29, 0.717) is 22.4 Å². The van der Waals surface area contributed by atoms with Crippen LogP contribution in [-0.2, 0) is 10.0 Å². The molecule has 0 spiro atoms. The lowest BCUT2D eigenvalue weighted by molar-refractivity contribution is 0.0926. The van der Waals surface area contributed by atoms with Crippen molar-refractivity contribution >= 4 is 27.5 Å². The quantitative estimate of drug-likeness (QED) is 0.848. The van der Waals surface area contributed by atoms with Crippen molar-refractivity contribution in [1.29, 1.82) is 0 Å². The molecule has 7 heteroatoms. The fraction of sp³-hybridized carbons (Fsp3) is 0.0667. The maximum atomic E-state index is 12.4. The van der Waals surface area contributed by atoms with E-state index in [0.717, 1.165) is 4.90 Å². The fourth-order valence-electron chi connectivity index (χ4n) is 2.52. The third-order valence-electron chi connectivity index (χ3n) is 3.52. The van der Waals surface area contributed by atoms with E-state index in [-0.39, 0.29) is 4.90 Å². The maximum absolute atomic E-state index is 12.4. The lowest BCUT2D eigenvalue weighted by Crippen LogP contribution is -2.29. The van der Waals surface area contributed by atoms with Crippen LogP contribution in [0.15, 0.2) is 47.4 Å². The monoisotopic (exact) mass is 316 g/mol. The number of amides is 2. The summed E-state index contributed by atoms with van der Waals surface area (Å²) in [4.78, 5) is 25.7. The van der Waals surface area contributed by atoms with Gasteiger partial charge in [0.05, 0.1) is 21.7 Å². The van der Waals surface area contributed by atoms with E-state index in [9.17, 15) is 18.0 Å². The Kier molecular flexibility index (Phi) is 3.12. The summed E-state index contributed by atoms with van der Waals surface area (Å²) in [5, 5.41) is 5.11. The highest BCUT2D eigenvalue weighted by Gasteiger charge is 2.36. The summed E-state index contributed by atoms with van der Waals surface area (Å²) in [7, 11) is -3.84. The van der Waals surface area contributed by atoms with Crippen LogP contribution in [0.3, 0.4) is 0 Å². The number of rotatable bonds is 2. The average Bonchev–Trinajstić information content (AvgIpc) is 2.70. The number of imide groups is 1. The molecule has 0 radical (unpaired) electrons. The lowest BCUT2D eigenvalue weighted by atomic mass is 10.1. The number of primary sulfonamides is 1. The first kappa shape index (κ1) is 14.4. The molecule has 0 saturated carbocycles. The molecule has 22 heavy (non-hydrogen) atoms. The largest absolute Gasteiger partial charge is 0.268 e. The van der Waals surface area contributed by atoms with Gasteiger partial charge in [0.2, 0.25) is 10.0 Å². The number of nitrogens with two attached hydrogens (primary N) is 1. The molecule has 0 atom stereocenters. The van der Waals surface area contributed by atoms with Gasteiger partial charge in [-0.3, -0.25) is 9.59 Å². The Morgan fingerprint density at radius 2 is 1.50 bits per heavy atom. The van der Waals surface area contributed by atoms with E-state index in [1.165, 1.54) is 18.2 Å². The molecule has 3 rings (SSSR count). The molecule has 2 amide bonds. The van der Waals surface area contributed by atoms with Crippen molar-refractivity contribution in [2.75, 3.05) is 4.90 Å². The van der Waals surface area contributed by atoms with Crippen LogP contribution in [0.2, 0.25) is 0 Å². The molecule has 1 aliphatic heterocycles. The SMILES string of the molecule is Cc1cc(N2C(=O)c3ccccc3C2=O)ccc1S(N)(=O)=O. The first-order valence-corrected chi connectivity index (χ1v) is 7.96. The van der Waals surface area contributed by atoms with Crippen molar-refractivity contribution in [2.45, 2.75) is 11.8 Å². The van der Waals surface area contributed by atoms with Crippen molar-refractivity contribution in [2.24, 2.45) is 5.14 Å². The molecule has 0 unspecified atom stereocenters. The second kappa shape index (κ2) is 4.75. The molecule has 0 fully saturated rings. The molecular weight excluding hydrogens is 304 g/mol. The predicted molar refractivity (Wildman–Crippen MR) is 80.1 cm³/mol. The molecule has 0 aliphatic carbocycles. The minimum absolute atomic E-state index is 0.0344. The Labute approximate surface area is 127 Å². The van der Waals surface area contributed by atoms with Crippen LogP contribution in [0.4, 0.5) is 5.69 Å². The number of nitrogens with zero attached hydrogens (tertiary/aromatic N) is 1. The Hall–Kier alpha value is -2.51. The van der Waals surface area contributed by atoms with Gasteiger partial charge in [0.1, 0.15) is 0 Å². The number of carbonyl (C=O) groups excluding carboxylic acids is 2. The summed E-state index contributed by atoms with van der Waals surface area (Å²) in [6, 6.07) is 10.7. The summed E-state index contributed by atoms with van der Waals surface area (Å²) in [5.74, 6) is -0.855. The minimum atomic E-state index is -3.84. The average molecular weight is 316 g/mol. The van der Waals surface area contributed by atoms with Crippen molar-refractivity contribution in [1.82, 2.24) is 0 Å². The van der Waals surface area contributed by atoms with E-state index in [4.69, 9.17) is 5.14 Å². The molecule has 1 heterocycles. The van der Waals surface area contributed by atoms with Gasteiger partial charge in [-0.15, -0.1) is 0 Å². The predicted octanol–water partition coefficient (Wildman–Crippen LogP) is 1.44. The van der Waals surface area contributed by atoms with Gasteiger partial charge in [0.25, 0.3) is 11.8 Å². The number of fused-ring (bicyclic) bond motifs is 1. The van der Waals surface area contributed by atoms with Crippen LogP contribution in [-0.4, -0.2) is 20.2 Å². The number of benzene rings is 2. The van der Waals surface area contributed by atoms with Crippen LogP contribution < -0.4 is 10.0 Å². The van der Waals surface area contributed by atoms with Gasteiger partial charge in [-0.05, 0) is 42.8 Å². The standard InChI is InChI=1S/C15H12N2O4S/c1-9-8-10(6-7-13(9)22(16,20)21)17-14(18)11-4-2-3-5-12(11)15(17)19/h2-8H,1H3,(H2,16,20,21). The van der Waals surface area contributed by atoms with Crippen molar-refractivity contribution in [3.63, 3.8) is 0 Å². The number of hydrogen-bond donors (Lipinski definition) is 1.